The molecule has 106 valence electrons. The maximum Gasteiger partial charge on any atom is 0.238 e. The van der Waals surface area contributed by atoms with Crippen molar-refractivity contribution >= 4 is 20.8 Å². The molecular weight excluding hydrogens is 282 g/mol. The summed E-state index contributed by atoms with van der Waals surface area (Å²) in [6.45, 7) is 0. The van der Waals surface area contributed by atoms with Crippen LogP contribution in [-0.4, -0.2) is 8.42 Å². The molecule has 0 aliphatic heterocycles. The highest BCUT2D eigenvalue weighted by Gasteiger charge is 2.14. The van der Waals surface area contributed by atoms with Gasteiger partial charge in [0.2, 0.25) is 10.0 Å². The molecule has 0 saturated heterocycles. The minimum absolute atomic E-state index is 0.193. The summed E-state index contributed by atoms with van der Waals surface area (Å²) in [7, 11) is -3.71. The highest BCUT2D eigenvalue weighted by Crippen LogP contribution is 2.24. The quantitative estimate of drug-likeness (QED) is 0.807. The van der Waals surface area contributed by atoms with Gasteiger partial charge in [0.15, 0.2) is 0 Å². The van der Waals surface area contributed by atoms with E-state index in [0.29, 0.717) is 6.42 Å². The second kappa shape index (κ2) is 5.31. The Morgan fingerprint density at radius 3 is 2.19 bits per heavy atom. The Hall–Kier alpha value is -2.17. The van der Waals surface area contributed by atoms with Crippen LogP contribution in [-0.2, 0) is 16.4 Å². The molecule has 0 radical (unpaired) electrons. The van der Waals surface area contributed by atoms with Crippen LogP contribution < -0.4 is 5.14 Å². The molecule has 3 rings (SSSR count). The lowest BCUT2D eigenvalue weighted by molar-refractivity contribution is 0.597. The van der Waals surface area contributed by atoms with E-state index in [0.717, 1.165) is 21.9 Å². The molecule has 0 aliphatic rings. The fraction of sp³-hybridized carbons (Fsp3) is 0.0588. The van der Waals surface area contributed by atoms with Gasteiger partial charge in [0.05, 0.1) is 4.90 Å². The summed E-state index contributed by atoms with van der Waals surface area (Å²) in [6, 6.07) is 21.0. The van der Waals surface area contributed by atoms with Crippen molar-refractivity contribution in [1.29, 1.82) is 0 Å². The third kappa shape index (κ3) is 2.82. The van der Waals surface area contributed by atoms with Crippen LogP contribution in [0, 0.1) is 0 Å². The number of hydrogen-bond donors (Lipinski definition) is 1. The highest BCUT2D eigenvalue weighted by atomic mass is 32.2. The van der Waals surface area contributed by atoms with Crippen LogP contribution in [0.2, 0.25) is 0 Å². The van der Waals surface area contributed by atoms with Crippen LogP contribution in [0.4, 0.5) is 0 Å². The first-order valence-electron chi connectivity index (χ1n) is 6.63. The van der Waals surface area contributed by atoms with Gasteiger partial charge >= 0.3 is 0 Å². The summed E-state index contributed by atoms with van der Waals surface area (Å²) in [6.07, 6.45) is 0.536. The zero-order chi connectivity index (χ0) is 14.9. The van der Waals surface area contributed by atoms with Gasteiger partial charge < -0.3 is 0 Å². The molecule has 0 unspecified atom stereocenters. The van der Waals surface area contributed by atoms with Crippen LogP contribution in [0.5, 0.6) is 0 Å². The normalized spacial score (nSPS) is 11.7. The van der Waals surface area contributed by atoms with E-state index in [9.17, 15) is 8.42 Å². The molecular formula is C17H15NO2S. The molecule has 0 amide bonds. The first kappa shape index (κ1) is 13.8. The van der Waals surface area contributed by atoms with E-state index in [-0.39, 0.29) is 4.90 Å². The highest BCUT2D eigenvalue weighted by molar-refractivity contribution is 7.89. The Morgan fingerprint density at radius 1 is 0.762 bits per heavy atom. The Bertz CT molecular complexity index is 896. The van der Waals surface area contributed by atoms with Crippen molar-refractivity contribution in [3.8, 4) is 0 Å². The van der Waals surface area contributed by atoms with Gasteiger partial charge in [-0.15, -0.1) is 0 Å². The van der Waals surface area contributed by atoms with Gasteiger partial charge in [-0.2, -0.15) is 0 Å². The number of sulfonamides is 1. The van der Waals surface area contributed by atoms with Gasteiger partial charge in [0.25, 0.3) is 0 Å². The third-order valence-electron chi connectivity index (χ3n) is 3.54. The van der Waals surface area contributed by atoms with Crippen molar-refractivity contribution in [3.05, 3.63) is 77.9 Å². The number of hydrogen-bond acceptors (Lipinski definition) is 2. The lowest BCUT2D eigenvalue weighted by Gasteiger charge is -2.10. The lowest BCUT2D eigenvalue weighted by atomic mass is 9.98. The summed E-state index contributed by atoms with van der Waals surface area (Å²) in [4.78, 5) is 0.193. The minimum atomic E-state index is -3.71. The van der Waals surface area contributed by atoms with Crippen LogP contribution in [0.25, 0.3) is 10.8 Å². The Morgan fingerprint density at radius 2 is 1.38 bits per heavy atom. The molecule has 0 atom stereocenters. The molecule has 4 heteroatoms. The second-order valence-electron chi connectivity index (χ2n) is 4.97. The number of rotatable bonds is 3. The smallest absolute Gasteiger partial charge is 0.225 e. The average Bonchev–Trinajstić information content (AvgIpc) is 2.47. The van der Waals surface area contributed by atoms with Crippen molar-refractivity contribution in [2.24, 2.45) is 5.14 Å². The summed E-state index contributed by atoms with van der Waals surface area (Å²) < 4.78 is 23.4. The van der Waals surface area contributed by atoms with E-state index < -0.39 is 10.0 Å². The van der Waals surface area contributed by atoms with Crippen LogP contribution in [0.1, 0.15) is 11.1 Å². The van der Waals surface area contributed by atoms with Crippen LogP contribution >= 0.6 is 0 Å². The van der Waals surface area contributed by atoms with Gasteiger partial charge in [-0.3, -0.25) is 0 Å². The third-order valence-corrected chi connectivity index (χ3v) is 4.55. The standard InChI is InChI=1S/C17H15NO2S/c18-21(19,20)17-11-4-2-7-15(17)12-14-9-5-8-13-6-1-3-10-16(13)14/h1-11H,12H2,(H2,18,19,20). The second-order valence-corrected chi connectivity index (χ2v) is 6.50. The van der Waals surface area contributed by atoms with E-state index >= 15 is 0 Å². The van der Waals surface area contributed by atoms with Gasteiger partial charge in [0.1, 0.15) is 0 Å². The molecule has 3 nitrogen and oxygen atoms in total. The first-order valence-corrected chi connectivity index (χ1v) is 8.18. The molecule has 2 N–H and O–H groups in total. The monoisotopic (exact) mass is 297 g/mol. The predicted octanol–water partition coefficient (Wildman–Crippen LogP) is 3.08. The maximum atomic E-state index is 11.7. The van der Waals surface area contributed by atoms with E-state index in [4.69, 9.17) is 5.14 Å². The van der Waals surface area contributed by atoms with Crippen molar-refractivity contribution in [3.63, 3.8) is 0 Å². The van der Waals surface area contributed by atoms with Gasteiger partial charge in [-0.25, -0.2) is 13.6 Å². The Balaban J connectivity index is 2.12. The average molecular weight is 297 g/mol. The summed E-state index contributed by atoms with van der Waals surface area (Å²) in [5, 5.41) is 7.57. The molecule has 0 aromatic heterocycles. The van der Waals surface area contributed by atoms with Crippen molar-refractivity contribution in [1.82, 2.24) is 0 Å². The zero-order valence-electron chi connectivity index (χ0n) is 11.4. The Kier molecular flexibility index (Phi) is 3.49. The van der Waals surface area contributed by atoms with E-state index in [1.807, 2.05) is 54.6 Å². The van der Waals surface area contributed by atoms with Crippen molar-refractivity contribution in [2.45, 2.75) is 11.3 Å². The van der Waals surface area contributed by atoms with Crippen LogP contribution in [0.15, 0.2) is 71.6 Å². The molecule has 21 heavy (non-hydrogen) atoms. The topological polar surface area (TPSA) is 60.2 Å². The molecule has 0 fully saturated rings. The Labute approximate surface area is 124 Å². The largest absolute Gasteiger partial charge is 0.238 e. The fourth-order valence-corrected chi connectivity index (χ4v) is 3.35. The summed E-state index contributed by atoms with van der Waals surface area (Å²) >= 11 is 0. The molecule has 3 aromatic carbocycles. The summed E-state index contributed by atoms with van der Waals surface area (Å²) in [5.41, 5.74) is 1.81. The maximum absolute atomic E-state index is 11.7. The molecule has 0 bridgehead atoms. The molecule has 0 saturated carbocycles. The molecule has 3 aromatic rings. The van der Waals surface area contributed by atoms with Gasteiger partial charge in [0, 0.05) is 0 Å². The molecule has 0 spiro atoms. The SMILES string of the molecule is NS(=O)(=O)c1ccccc1Cc1cccc2ccccc12. The van der Waals surface area contributed by atoms with Gasteiger partial charge in [-0.1, -0.05) is 60.7 Å². The van der Waals surface area contributed by atoms with Crippen molar-refractivity contribution < 1.29 is 8.42 Å². The molecule has 0 aliphatic carbocycles. The number of benzene rings is 3. The molecule has 0 heterocycles. The summed E-state index contributed by atoms with van der Waals surface area (Å²) in [5.74, 6) is 0. The van der Waals surface area contributed by atoms with E-state index in [1.54, 1.807) is 12.1 Å². The van der Waals surface area contributed by atoms with E-state index in [1.165, 1.54) is 0 Å². The number of primary sulfonamides is 1. The minimum Gasteiger partial charge on any atom is -0.225 e. The first-order chi connectivity index (χ1) is 10.1. The van der Waals surface area contributed by atoms with E-state index in [2.05, 4.69) is 0 Å². The predicted molar refractivity (Wildman–Crippen MR) is 84.6 cm³/mol. The zero-order valence-corrected chi connectivity index (χ0v) is 12.2. The number of fused-ring (bicyclic) bond motifs is 1. The lowest BCUT2D eigenvalue weighted by Crippen LogP contribution is -2.14. The van der Waals surface area contributed by atoms with Gasteiger partial charge in [-0.05, 0) is 34.4 Å². The van der Waals surface area contributed by atoms with Crippen LogP contribution in [0.3, 0.4) is 0 Å². The fourth-order valence-electron chi connectivity index (χ4n) is 2.58. The number of nitrogens with two attached hydrogens (primary N) is 1. The van der Waals surface area contributed by atoms with Crippen molar-refractivity contribution in [2.75, 3.05) is 0 Å².